The minimum atomic E-state index is 0. The molecule has 1 unspecified atom stereocenters. The summed E-state index contributed by atoms with van der Waals surface area (Å²) in [5.41, 5.74) is 4.01. The van der Waals surface area contributed by atoms with Gasteiger partial charge >= 0.3 is 0 Å². The second-order valence-corrected chi connectivity index (χ2v) is 6.41. The molecule has 0 amide bonds. The van der Waals surface area contributed by atoms with E-state index in [1.54, 1.807) is 0 Å². The van der Waals surface area contributed by atoms with Gasteiger partial charge in [0.15, 0.2) is 0 Å². The van der Waals surface area contributed by atoms with E-state index in [4.69, 9.17) is 0 Å². The van der Waals surface area contributed by atoms with Crippen LogP contribution in [0.2, 0.25) is 0 Å². The number of benzene rings is 1. The highest BCUT2D eigenvalue weighted by Gasteiger charge is 2.23. The Morgan fingerprint density at radius 3 is 2.77 bits per heavy atom. The molecule has 2 heterocycles. The van der Waals surface area contributed by atoms with Gasteiger partial charge in [-0.2, -0.15) is 0 Å². The van der Waals surface area contributed by atoms with Crippen molar-refractivity contribution in [3.05, 3.63) is 63.9 Å². The Hall–Kier alpha value is -0.940. The molecule has 3 rings (SSSR count). The molecule has 1 N–H and O–H groups in total. The minimum Gasteiger partial charge on any atom is -0.314 e. The summed E-state index contributed by atoms with van der Waals surface area (Å²) in [4.78, 5) is 6.68. The van der Waals surface area contributed by atoms with E-state index in [9.17, 15) is 0 Å². The van der Waals surface area contributed by atoms with Gasteiger partial charge in [-0.1, -0.05) is 28.1 Å². The largest absolute Gasteiger partial charge is 0.314 e. The van der Waals surface area contributed by atoms with Gasteiger partial charge in [0.2, 0.25) is 0 Å². The lowest BCUT2D eigenvalue weighted by molar-refractivity contribution is 0.153. The Kier molecular flexibility index (Phi) is 6.38. The molecule has 3 nitrogen and oxygen atoms in total. The lowest BCUT2D eigenvalue weighted by Crippen LogP contribution is -2.45. The summed E-state index contributed by atoms with van der Waals surface area (Å²) in [6.45, 7) is 6.26. The molecule has 22 heavy (non-hydrogen) atoms. The van der Waals surface area contributed by atoms with Gasteiger partial charge in [0.05, 0.1) is 0 Å². The third kappa shape index (κ3) is 4.07. The number of aryl methyl sites for hydroxylation is 1. The molecular formula is C17H21BrClN3. The third-order valence-electron chi connectivity index (χ3n) is 4.05. The number of rotatable bonds is 3. The monoisotopic (exact) mass is 381 g/mol. The van der Waals surface area contributed by atoms with E-state index >= 15 is 0 Å². The number of piperazine rings is 1. The topological polar surface area (TPSA) is 28.2 Å². The van der Waals surface area contributed by atoms with Crippen LogP contribution in [0.25, 0.3) is 0 Å². The molecule has 118 valence electrons. The van der Waals surface area contributed by atoms with Crippen LogP contribution in [0.3, 0.4) is 0 Å². The number of nitrogens with zero attached hydrogens (tertiary/aromatic N) is 2. The Morgan fingerprint density at radius 2 is 2.05 bits per heavy atom. The first-order chi connectivity index (χ1) is 10.2. The van der Waals surface area contributed by atoms with Gasteiger partial charge in [0.25, 0.3) is 0 Å². The maximum atomic E-state index is 4.13. The minimum absolute atomic E-state index is 0. The predicted molar refractivity (Wildman–Crippen MR) is 96.4 cm³/mol. The molecular weight excluding hydrogens is 362 g/mol. The maximum Gasteiger partial charge on any atom is 0.0477 e. The smallest absolute Gasteiger partial charge is 0.0477 e. The Labute approximate surface area is 146 Å². The molecule has 5 heteroatoms. The van der Waals surface area contributed by atoms with Crippen LogP contribution in [-0.4, -0.2) is 29.5 Å². The van der Waals surface area contributed by atoms with Crippen molar-refractivity contribution in [3.63, 3.8) is 0 Å². The van der Waals surface area contributed by atoms with Crippen molar-refractivity contribution in [1.82, 2.24) is 15.2 Å². The quantitative estimate of drug-likeness (QED) is 0.877. The summed E-state index contributed by atoms with van der Waals surface area (Å²) in [7, 11) is 0. The van der Waals surface area contributed by atoms with Crippen LogP contribution < -0.4 is 5.32 Å². The third-order valence-corrected chi connectivity index (χ3v) is 4.94. The molecule has 0 radical (unpaired) electrons. The molecule has 1 saturated heterocycles. The van der Waals surface area contributed by atoms with Gasteiger partial charge < -0.3 is 5.32 Å². The molecule has 1 aliphatic rings. The molecule has 0 bridgehead atoms. The predicted octanol–water partition coefficient (Wildman–Crippen LogP) is 3.72. The van der Waals surface area contributed by atoms with Gasteiger partial charge in [0.1, 0.15) is 0 Å². The summed E-state index contributed by atoms with van der Waals surface area (Å²) in [6, 6.07) is 11.3. The molecule has 1 atom stereocenters. The number of hydrogen-bond donors (Lipinski definition) is 1. The number of nitrogens with one attached hydrogen (secondary N) is 1. The van der Waals surface area contributed by atoms with Crippen molar-refractivity contribution in [3.8, 4) is 0 Å². The highest BCUT2D eigenvalue weighted by Crippen LogP contribution is 2.25. The summed E-state index contributed by atoms with van der Waals surface area (Å²) in [5, 5.41) is 3.50. The first-order valence-corrected chi connectivity index (χ1v) is 8.13. The fourth-order valence-corrected chi connectivity index (χ4v) is 3.14. The number of aromatic nitrogens is 1. The van der Waals surface area contributed by atoms with Crippen molar-refractivity contribution >= 4 is 28.3 Å². The van der Waals surface area contributed by atoms with Crippen molar-refractivity contribution in [1.29, 1.82) is 0 Å². The summed E-state index contributed by atoms with van der Waals surface area (Å²) < 4.78 is 1.18. The summed E-state index contributed by atoms with van der Waals surface area (Å²) in [5.74, 6) is 0. The van der Waals surface area contributed by atoms with E-state index in [1.807, 2.05) is 12.4 Å². The number of pyridine rings is 1. The Bertz CT molecular complexity index is 606. The Morgan fingerprint density at radius 1 is 1.27 bits per heavy atom. The van der Waals surface area contributed by atoms with Crippen LogP contribution in [0.5, 0.6) is 0 Å². The van der Waals surface area contributed by atoms with Crippen LogP contribution in [0.15, 0.2) is 47.2 Å². The zero-order valence-corrected chi connectivity index (χ0v) is 15.0. The normalized spacial score (nSPS) is 18.7. The molecule has 1 fully saturated rings. The van der Waals surface area contributed by atoms with Crippen LogP contribution in [-0.2, 0) is 6.54 Å². The van der Waals surface area contributed by atoms with E-state index in [2.05, 4.69) is 68.4 Å². The fourth-order valence-electron chi connectivity index (χ4n) is 2.89. The van der Waals surface area contributed by atoms with Crippen LogP contribution in [0.1, 0.15) is 22.7 Å². The molecule has 0 aliphatic carbocycles. The molecule has 1 aromatic carbocycles. The van der Waals surface area contributed by atoms with Crippen LogP contribution in [0, 0.1) is 6.92 Å². The van der Waals surface area contributed by atoms with E-state index in [0.29, 0.717) is 6.04 Å². The average molecular weight is 383 g/mol. The van der Waals surface area contributed by atoms with Crippen molar-refractivity contribution in [2.24, 2.45) is 0 Å². The average Bonchev–Trinajstić information content (AvgIpc) is 2.52. The first-order valence-electron chi connectivity index (χ1n) is 7.34. The van der Waals surface area contributed by atoms with Gasteiger partial charge in [0, 0.05) is 49.1 Å². The second-order valence-electron chi connectivity index (χ2n) is 5.55. The van der Waals surface area contributed by atoms with Crippen molar-refractivity contribution in [2.75, 3.05) is 19.6 Å². The zero-order chi connectivity index (χ0) is 14.7. The summed E-state index contributed by atoms with van der Waals surface area (Å²) in [6.07, 6.45) is 3.76. The highest BCUT2D eigenvalue weighted by atomic mass is 79.9. The lowest BCUT2D eigenvalue weighted by Gasteiger charge is -2.36. The van der Waals surface area contributed by atoms with E-state index in [-0.39, 0.29) is 12.4 Å². The van der Waals surface area contributed by atoms with Gasteiger partial charge in [-0.05, 0) is 41.8 Å². The van der Waals surface area contributed by atoms with Crippen LogP contribution in [0.4, 0.5) is 0 Å². The molecule has 2 aromatic rings. The highest BCUT2D eigenvalue weighted by molar-refractivity contribution is 9.10. The van der Waals surface area contributed by atoms with Crippen molar-refractivity contribution in [2.45, 2.75) is 19.5 Å². The number of hydrogen-bond acceptors (Lipinski definition) is 3. The first kappa shape index (κ1) is 17.4. The lowest BCUT2D eigenvalue weighted by atomic mass is 10.0. The SMILES string of the molecule is Cc1cc(CN2CCNCC2c2ccncc2)ccc1Br.Cl. The van der Waals surface area contributed by atoms with E-state index < -0.39 is 0 Å². The fraction of sp³-hybridized carbons (Fsp3) is 0.353. The van der Waals surface area contributed by atoms with Gasteiger partial charge in [-0.15, -0.1) is 12.4 Å². The van der Waals surface area contributed by atoms with Gasteiger partial charge in [-0.25, -0.2) is 0 Å². The number of halogens is 2. The second kappa shape index (κ2) is 8.06. The Balaban J connectivity index is 0.00000176. The molecule has 0 saturated carbocycles. The molecule has 0 spiro atoms. The van der Waals surface area contributed by atoms with E-state index in [0.717, 1.165) is 26.2 Å². The molecule has 1 aromatic heterocycles. The standard InChI is InChI=1S/C17H20BrN3.ClH/c1-13-10-14(2-3-16(13)18)12-21-9-8-20-11-17(21)15-4-6-19-7-5-15;/h2-7,10,17,20H,8-9,11-12H2,1H3;1H. The van der Waals surface area contributed by atoms with Gasteiger partial charge in [-0.3, -0.25) is 9.88 Å². The summed E-state index contributed by atoms with van der Waals surface area (Å²) >= 11 is 3.57. The van der Waals surface area contributed by atoms with E-state index in [1.165, 1.54) is 21.2 Å². The zero-order valence-electron chi connectivity index (χ0n) is 12.6. The maximum absolute atomic E-state index is 4.13. The van der Waals surface area contributed by atoms with Crippen molar-refractivity contribution < 1.29 is 0 Å². The van der Waals surface area contributed by atoms with Crippen LogP contribution >= 0.6 is 28.3 Å². The molecule has 1 aliphatic heterocycles.